The highest BCUT2D eigenvalue weighted by Gasteiger charge is 2.07. The van der Waals surface area contributed by atoms with Crippen LogP contribution in [0.4, 0.5) is 11.4 Å². The second-order valence-electron chi connectivity index (χ2n) is 4.19. The van der Waals surface area contributed by atoms with Crippen molar-refractivity contribution in [1.29, 1.82) is 5.26 Å². The number of rotatable bonds is 3. The summed E-state index contributed by atoms with van der Waals surface area (Å²) in [4.78, 5) is 0. The summed E-state index contributed by atoms with van der Waals surface area (Å²) in [7, 11) is 0. The molecule has 3 heteroatoms. The maximum absolute atomic E-state index is 8.79. The summed E-state index contributed by atoms with van der Waals surface area (Å²) in [5.74, 6) is 0. The number of hydrogen-bond acceptors (Lipinski definition) is 3. The van der Waals surface area contributed by atoms with Crippen LogP contribution in [0.1, 0.15) is 24.1 Å². The number of benzene rings is 2. The predicted octanol–water partition coefficient (Wildman–Crippen LogP) is 3.31. The fraction of sp³-hybridized carbons (Fsp3) is 0.133. The Kier molecular flexibility index (Phi) is 3.49. The molecule has 0 heterocycles. The van der Waals surface area contributed by atoms with Gasteiger partial charge < -0.3 is 11.1 Å². The van der Waals surface area contributed by atoms with Crippen molar-refractivity contribution in [3.63, 3.8) is 0 Å². The Morgan fingerprint density at radius 2 is 1.89 bits per heavy atom. The van der Waals surface area contributed by atoms with E-state index in [-0.39, 0.29) is 6.04 Å². The van der Waals surface area contributed by atoms with E-state index in [1.54, 1.807) is 12.1 Å². The molecule has 0 amide bonds. The van der Waals surface area contributed by atoms with Gasteiger partial charge in [-0.15, -0.1) is 0 Å². The summed E-state index contributed by atoms with van der Waals surface area (Å²) in [6.07, 6.45) is 0. The van der Waals surface area contributed by atoms with E-state index in [4.69, 9.17) is 11.0 Å². The lowest BCUT2D eigenvalue weighted by Gasteiger charge is -2.17. The van der Waals surface area contributed by atoms with E-state index in [2.05, 4.69) is 30.4 Å². The molecule has 3 N–H and O–H groups in total. The summed E-state index contributed by atoms with van der Waals surface area (Å²) in [6.45, 7) is 2.08. The minimum Gasteiger partial charge on any atom is -0.397 e. The van der Waals surface area contributed by atoms with E-state index in [0.717, 1.165) is 5.69 Å². The first kappa shape index (κ1) is 12.0. The number of hydrogen-bond donors (Lipinski definition) is 2. The average Bonchev–Trinajstić information content (AvgIpc) is 2.42. The minimum absolute atomic E-state index is 0.168. The second-order valence-corrected chi connectivity index (χ2v) is 4.19. The van der Waals surface area contributed by atoms with Crippen LogP contribution in [0.5, 0.6) is 0 Å². The van der Waals surface area contributed by atoms with Crippen molar-refractivity contribution in [3.05, 3.63) is 59.7 Å². The van der Waals surface area contributed by atoms with E-state index < -0.39 is 0 Å². The number of anilines is 2. The van der Waals surface area contributed by atoms with Crippen LogP contribution in [0.2, 0.25) is 0 Å². The van der Waals surface area contributed by atoms with Gasteiger partial charge in [0.25, 0.3) is 0 Å². The highest BCUT2D eigenvalue weighted by atomic mass is 14.9. The van der Waals surface area contributed by atoms with Crippen LogP contribution in [0, 0.1) is 11.3 Å². The Labute approximate surface area is 107 Å². The quantitative estimate of drug-likeness (QED) is 0.805. The van der Waals surface area contributed by atoms with E-state index in [0.29, 0.717) is 11.3 Å². The average molecular weight is 237 g/mol. The molecule has 0 aliphatic rings. The Bertz CT molecular complexity index is 570. The zero-order valence-corrected chi connectivity index (χ0v) is 10.2. The monoisotopic (exact) mass is 237 g/mol. The van der Waals surface area contributed by atoms with Crippen LogP contribution in [0.15, 0.2) is 48.5 Å². The lowest BCUT2D eigenvalue weighted by atomic mass is 10.1. The number of nitriles is 1. The molecule has 0 aliphatic carbocycles. The van der Waals surface area contributed by atoms with Gasteiger partial charge in [0.05, 0.1) is 23.0 Å². The van der Waals surface area contributed by atoms with Crippen LogP contribution >= 0.6 is 0 Å². The SMILES string of the molecule is CC(Nc1ccc(C#N)cc1N)c1ccccc1. The fourth-order valence-corrected chi connectivity index (χ4v) is 1.82. The molecule has 0 saturated heterocycles. The van der Waals surface area contributed by atoms with Crippen LogP contribution in [0.3, 0.4) is 0 Å². The van der Waals surface area contributed by atoms with Crippen molar-refractivity contribution in [2.75, 3.05) is 11.1 Å². The summed E-state index contributed by atoms with van der Waals surface area (Å²) in [5.41, 5.74) is 9.13. The molecular formula is C15H15N3. The summed E-state index contributed by atoms with van der Waals surface area (Å²) in [6, 6.07) is 17.7. The number of nitrogens with zero attached hydrogens (tertiary/aromatic N) is 1. The van der Waals surface area contributed by atoms with Gasteiger partial charge in [0.1, 0.15) is 0 Å². The summed E-state index contributed by atoms with van der Waals surface area (Å²) < 4.78 is 0. The van der Waals surface area contributed by atoms with Crippen LogP contribution in [-0.2, 0) is 0 Å². The molecule has 3 nitrogen and oxygen atoms in total. The van der Waals surface area contributed by atoms with Gasteiger partial charge in [-0.25, -0.2) is 0 Å². The summed E-state index contributed by atoms with van der Waals surface area (Å²) >= 11 is 0. The zero-order valence-electron chi connectivity index (χ0n) is 10.2. The second kappa shape index (κ2) is 5.24. The number of nitrogen functional groups attached to an aromatic ring is 1. The molecule has 0 fully saturated rings. The Morgan fingerprint density at radius 1 is 1.17 bits per heavy atom. The van der Waals surface area contributed by atoms with Gasteiger partial charge in [-0.1, -0.05) is 30.3 Å². The molecule has 0 radical (unpaired) electrons. The van der Waals surface area contributed by atoms with Gasteiger partial charge >= 0.3 is 0 Å². The highest BCUT2D eigenvalue weighted by molar-refractivity contribution is 5.68. The molecule has 0 saturated carbocycles. The first-order valence-corrected chi connectivity index (χ1v) is 5.82. The largest absolute Gasteiger partial charge is 0.397 e. The first-order valence-electron chi connectivity index (χ1n) is 5.82. The smallest absolute Gasteiger partial charge is 0.0992 e. The molecule has 90 valence electrons. The third-order valence-electron chi connectivity index (χ3n) is 2.85. The van der Waals surface area contributed by atoms with E-state index in [1.807, 2.05) is 24.3 Å². The first-order chi connectivity index (χ1) is 8.70. The third kappa shape index (κ3) is 2.61. The molecule has 0 bridgehead atoms. The van der Waals surface area contributed by atoms with E-state index >= 15 is 0 Å². The normalized spacial score (nSPS) is 11.6. The molecule has 2 rings (SSSR count). The molecule has 18 heavy (non-hydrogen) atoms. The van der Waals surface area contributed by atoms with Gasteiger partial charge in [-0.2, -0.15) is 5.26 Å². The topological polar surface area (TPSA) is 61.8 Å². The fourth-order valence-electron chi connectivity index (χ4n) is 1.82. The van der Waals surface area contributed by atoms with E-state index in [9.17, 15) is 0 Å². The lowest BCUT2D eigenvalue weighted by Crippen LogP contribution is -2.08. The van der Waals surface area contributed by atoms with Gasteiger partial charge in [0.15, 0.2) is 0 Å². The van der Waals surface area contributed by atoms with Gasteiger partial charge in [0, 0.05) is 6.04 Å². The Morgan fingerprint density at radius 3 is 2.50 bits per heavy atom. The maximum atomic E-state index is 8.79. The maximum Gasteiger partial charge on any atom is 0.0992 e. The summed E-state index contributed by atoms with van der Waals surface area (Å²) in [5, 5.41) is 12.1. The molecule has 0 aliphatic heterocycles. The standard InChI is InChI=1S/C15H15N3/c1-11(13-5-3-2-4-6-13)18-15-8-7-12(10-16)9-14(15)17/h2-9,11,18H,17H2,1H3. The van der Waals surface area contributed by atoms with Crippen LogP contribution < -0.4 is 11.1 Å². The van der Waals surface area contributed by atoms with Crippen molar-refractivity contribution in [2.45, 2.75) is 13.0 Å². The zero-order chi connectivity index (χ0) is 13.0. The third-order valence-corrected chi connectivity index (χ3v) is 2.85. The number of nitrogens with one attached hydrogen (secondary N) is 1. The molecule has 0 spiro atoms. The Balaban J connectivity index is 2.18. The van der Waals surface area contributed by atoms with Crippen LogP contribution in [-0.4, -0.2) is 0 Å². The lowest BCUT2D eigenvalue weighted by molar-refractivity contribution is 0.885. The van der Waals surface area contributed by atoms with Crippen molar-refractivity contribution in [2.24, 2.45) is 0 Å². The van der Waals surface area contributed by atoms with E-state index in [1.165, 1.54) is 5.56 Å². The molecular weight excluding hydrogens is 222 g/mol. The molecule has 1 atom stereocenters. The van der Waals surface area contributed by atoms with Crippen molar-refractivity contribution >= 4 is 11.4 Å². The molecule has 2 aromatic rings. The van der Waals surface area contributed by atoms with Crippen molar-refractivity contribution in [1.82, 2.24) is 0 Å². The molecule has 1 unspecified atom stereocenters. The van der Waals surface area contributed by atoms with Gasteiger partial charge in [-0.3, -0.25) is 0 Å². The van der Waals surface area contributed by atoms with Gasteiger partial charge in [0.2, 0.25) is 0 Å². The predicted molar refractivity (Wildman–Crippen MR) is 74.0 cm³/mol. The number of nitrogens with two attached hydrogens (primary N) is 1. The molecule has 2 aromatic carbocycles. The Hall–Kier alpha value is -2.47. The van der Waals surface area contributed by atoms with Crippen molar-refractivity contribution in [3.8, 4) is 6.07 Å². The van der Waals surface area contributed by atoms with Crippen molar-refractivity contribution < 1.29 is 0 Å². The highest BCUT2D eigenvalue weighted by Crippen LogP contribution is 2.24. The minimum atomic E-state index is 0.168. The molecule has 0 aromatic heterocycles. The van der Waals surface area contributed by atoms with Gasteiger partial charge in [-0.05, 0) is 30.7 Å². The van der Waals surface area contributed by atoms with Crippen LogP contribution in [0.25, 0.3) is 0 Å².